The Kier molecular flexibility index (Phi) is 6.18. The van der Waals surface area contributed by atoms with Crippen molar-refractivity contribution in [3.63, 3.8) is 0 Å². The van der Waals surface area contributed by atoms with E-state index >= 15 is 0 Å². The van der Waals surface area contributed by atoms with E-state index < -0.39 is 9.84 Å². The zero-order valence-electron chi connectivity index (χ0n) is 19.6. The number of thiophene rings is 1. The van der Waals surface area contributed by atoms with Crippen molar-refractivity contribution < 1.29 is 22.3 Å². The summed E-state index contributed by atoms with van der Waals surface area (Å²) in [6, 6.07) is 19.0. The number of oxazole rings is 1. The molecular formula is C27H26N2O5S2. The summed E-state index contributed by atoms with van der Waals surface area (Å²) in [4.78, 5) is 7.44. The predicted molar refractivity (Wildman–Crippen MR) is 138 cm³/mol. The number of anilines is 1. The number of ether oxygens (including phenoxy) is 2. The molecule has 4 aromatic rings. The van der Waals surface area contributed by atoms with Gasteiger partial charge in [0.15, 0.2) is 11.5 Å². The molecule has 0 unspecified atom stereocenters. The predicted octanol–water partition coefficient (Wildman–Crippen LogP) is 5.47. The van der Waals surface area contributed by atoms with Crippen LogP contribution in [0.4, 0.5) is 5.88 Å². The molecule has 0 amide bonds. The second kappa shape index (κ2) is 9.63. The molecule has 1 fully saturated rings. The third-order valence-corrected chi connectivity index (χ3v) is 9.17. The number of aromatic nitrogens is 1. The Balaban J connectivity index is 1.31. The fourth-order valence-electron chi connectivity index (χ4n) is 4.77. The molecule has 0 N–H and O–H groups in total. The van der Waals surface area contributed by atoms with Crippen LogP contribution in [0.15, 0.2) is 80.4 Å². The second-order valence-electron chi connectivity index (χ2n) is 9.04. The lowest BCUT2D eigenvalue weighted by atomic mass is 9.90. The van der Waals surface area contributed by atoms with Gasteiger partial charge in [-0.25, -0.2) is 8.42 Å². The molecule has 0 saturated carbocycles. The van der Waals surface area contributed by atoms with Gasteiger partial charge in [0.2, 0.25) is 26.6 Å². The first kappa shape index (κ1) is 23.1. The molecule has 2 aliphatic heterocycles. The van der Waals surface area contributed by atoms with Crippen LogP contribution < -0.4 is 14.4 Å². The summed E-state index contributed by atoms with van der Waals surface area (Å²) in [7, 11) is -3.96. The van der Waals surface area contributed by atoms with Gasteiger partial charge in [-0.2, -0.15) is 4.98 Å². The number of hydrogen-bond acceptors (Lipinski definition) is 8. The molecule has 2 aromatic carbocycles. The number of fused-ring (bicyclic) bond motifs is 1. The summed E-state index contributed by atoms with van der Waals surface area (Å²) in [5.41, 5.74) is 1.33. The Morgan fingerprint density at radius 2 is 1.72 bits per heavy atom. The lowest BCUT2D eigenvalue weighted by Gasteiger charge is -2.32. The molecule has 0 aliphatic carbocycles. The molecule has 36 heavy (non-hydrogen) atoms. The fourth-order valence-corrected chi connectivity index (χ4v) is 6.75. The summed E-state index contributed by atoms with van der Waals surface area (Å²) < 4.78 is 45.0. The SMILES string of the molecule is O=S(=O)(c1ccc2c(c1)OCCO2)c1nc(-c2cccs2)oc1N1CCC(Cc2ccccc2)CC1. The standard InChI is InChI=1S/C27H26N2O5S2/c30-36(31,21-8-9-22-23(18-21)33-15-14-32-22)26-27(34-25(28-26)24-7-4-16-35-24)29-12-10-20(11-13-29)17-19-5-2-1-3-6-19/h1-9,16,18,20H,10-15,17H2. The van der Waals surface area contributed by atoms with Crippen molar-refractivity contribution >= 4 is 27.1 Å². The largest absolute Gasteiger partial charge is 0.486 e. The zero-order chi connectivity index (χ0) is 24.5. The van der Waals surface area contributed by atoms with Gasteiger partial charge in [0.25, 0.3) is 0 Å². The Hall–Kier alpha value is -3.30. The van der Waals surface area contributed by atoms with Crippen molar-refractivity contribution in [3.8, 4) is 22.3 Å². The fraction of sp³-hybridized carbons (Fsp3) is 0.296. The highest BCUT2D eigenvalue weighted by Gasteiger charge is 2.34. The van der Waals surface area contributed by atoms with Crippen LogP contribution in [0.25, 0.3) is 10.8 Å². The zero-order valence-corrected chi connectivity index (χ0v) is 21.3. The van der Waals surface area contributed by atoms with Crippen molar-refractivity contribution in [1.29, 1.82) is 0 Å². The molecule has 2 aliphatic rings. The van der Waals surface area contributed by atoms with Gasteiger partial charge in [-0.05, 0) is 54.3 Å². The Morgan fingerprint density at radius 1 is 0.944 bits per heavy atom. The Morgan fingerprint density at radius 3 is 2.47 bits per heavy atom. The molecule has 0 spiro atoms. The highest BCUT2D eigenvalue weighted by molar-refractivity contribution is 7.91. The maximum Gasteiger partial charge on any atom is 0.240 e. The molecule has 9 heteroatoms. The summed E-state index contributed by atoms with van der Waals surface area (Å²) in [5.74, 6) is 2.14. The van der Waals surface area contributed by atoms with Crippen LogP contribution in [0.3, 0.4) is 0 Å². The van der Waals surface area contributed by atoms with E-state index in [4.69, 9.17) is 13.9 Å². The normalized spacial score (nSPS) is 16.3. The average Bonchev–Trinajstić information content (AvgIpc) is 3.60. The number of benzene rings is 2. The van der Waals surface area contributed by atoms with Crippen molar-refractivity contribution in [1.82, 2.24) is 4.98 Å². The van der Waals surface area contributed by atoms with Crippen LogP contribution in [0.2, 0.25) is 0 Å². The van der Waals surface area contributed by atoms with Gasteiger partial charge >= 0.3 is 0 Å². The molecule has 6 rings (SSSR count). The van der Waals surface area contributed by atoms with Crippen LogP contribution >= 0.6 is 11.3 Å². The van der Waals surface area contributed by atoms with Gasteiger partial charge in [-0.15, -0.1) is 11.3 Å². The summed E-state index contributed by atoms with van der Waals surface area (Å²) in [5, 5.41) is 1.87. The maximum absolute atomic E-state index is 13.8. The Bertz CT molecular complexity index is 1440. The van der Waals surface area contributed by atoms with E-state index in [0.717, 1.165) is 24.1 Å². The first-order valence-corrected chi connectivity index (χ1v) is 14.4. The third-order valence-electron chi connectivity index (χ3n) is 6.66. The average molecular weight is 523 g/mol. The van der Waals surface area contributed by atoms with Gasteiger partial charge < -0.3 is 18.8 Å². The molecule has 186 valence electrons. The van der Waals surface area contributed by atoms with E-state index in [9.17, 15) is 8.42 Å². The minimum absolute atomic E-state index is 0.0518. The minimum atomic E-state index is -3.96. The summed E-state index contributed by atoms with van der Waals surface area (Å²) in [6.07, 6.45) is 2.93. The Labute approximate surface area is 214 Å². The van der Waals surface area contributed by atoms with E-state index in [-0.39, 0.29) is 9.92 Å². The van der Waals surface area contributed by atoms with E-state index in [2.05, 4.69) is 29.2 Å². The number of nitrogens with zero attached hydrogens (tertiary/aromatic N) is 2. The maximum atomic E-state index is 13.8. The molecule has 7 nitrogen and oxygen atoms in total. The topological polar surface area (TPSA) is 81.9 Å². The number of hydrogen-bond donors (Lipinski definition) is 0. The van der Waals surface area contributed by atoms with Crippen molar-refractivity contribution in [2.24, 2.45) is 5.92 Å². The van der Waals surface area contributed by atoms with Gasteiger partial charge in [-0.1, -0.05) is 36.4 Å². The van der Waals surface area contributed by atoms with E-state index in [1.54, 1.807) is 6.07 Å². The third kappa shape index (κ3) is 4.49. The number of sulfone groups is 1. The first-order valence-electron chi connectivity index (χ1n) is 12.1. The first-order chi connectivity index (χ1) is 17.6. The van der Waals surface area contributed by atoms with Gasteiger partial charge in [0.1, 0.15) is 13.2 Å². The summed E-state index contributed by atoms with van der Waals surface area (Å²) in [6.45, 7) is 2.24. The quantitative estimate of drug-likeness (QED) is 0.332. The molecule has 0 bridgehead atoms. The van der Waals surface area contributed by atoms with Gasteiger partial charge in [-0.3, -0.25) is 0 Å². The lowest BCUT2D eigenvalue weighted by Crippen LogP contribution is -2.34. The van der Waals surface area contributed by atoms with Crippen molar-refractivity contribution in [3.05, 3.63) is 71.6 Å². The van der Waals surface area contributed by atoms with Gasteiger partial charge in [0.05, 0.1) is 9.77 Å². The van der Waals surface area contributed by atoms with Crippen LogP contribution in [-0.2, 0) is 16.3 Å². The number of rotatable bonds is 6. The van der Waals surface area contributed by atoms with E-state index in [0.29, 0.717) is 55.5 Å². The molecule has 2 aromatic heterocycles. The molecule has 0 radical (unpaired) electrons. The molecule has 1 saturated heterocycles. The van der Waals surface area contributed by atoms with Crippen molar-refractivity contribution in [2.45, 2.75) is 29.2 Å². The lowest BCUT2D eigenvalue weighted by molar-refractivity contribution is 0.171. The smallest absolute Gasteiger partial charge is 0.240 e. The van der Waals surface area contributed by atoms with E-state index in [1.807, 2.05) is 28.5 Å². The van der Waals surface area contributed by atoms with Gasteiger partial charge in [0, 0.05) is 19.2 Å². The van der Waals surface area contributed by atoms with Crippen LogP contribution in [0, 0.1) is 5.92 Å². The van der Waals surface area contributed by atoms with Crippen LogP contribution in [0.5, 0.6) is 11.5 Å². The minimum Gasteiger partial charge on any atom is -0.486 e. The highest BCUT2D eigenvalue weighted by Crippen LogP contribution is 2.40. The molecular weight excluding hydrogens is 496 g/mol. The highest BCUT2D eigenvalue weighted by atomic mass is 32.2. The number of piperidine rings is 1. The van der Waals surface area contributed by atoms with Crippen LogP contribution in [0.1, 0.15) is 18.4 Å². The van der Waals surface area contributed by atoms with Crippen LogP contribution in [-0.4, -0.2) is 39.7 Å². The second-order valence-corrected chi connectivity index (χ2v) is 11.8. The molecule has 0 atom stereocenters. The van der Waals surface area contributed by atoms with Crippen molar-refractivity contribution in [2.75, 3.05) is 31.2 Å². The monoisotopic (exact) mass is 522 g/mol. The summed E-state index contributed by atoms with van der Waals surface area (Å²) >= 11 is 1.47. The van der Waals surface area contributed by atoms with E-state index in [1.165, 1.54) is 29.0 Å². The molecule has 4 heterocycles.